The van der Waals surface area contributed by atoms with E-state index in [1.54, 1.807) is 56.5 Å². The van der Waals surface area contributed by atoms with Crippen molar-refractivity contribution in [2.45, 2.75) is 23.3 Å². The van der Waals surface area contributed by atoms with Gasteiger partial charge in [0.25, 0.3) is 5.69 Å². The second-order valence-corrected chi connectivity index (χ2v) is 8.15. The summed E-state index contributed by atoms with van der Waals surface area (Å²) < 4.78 is 5.13. The topological polar surface area (TPSA) is 113 Å². The first-order valence-electron chi connectivity index (χ1n) is 9.31. The Labute approximate surface area is 194 Å². The molecule has 0 fully saturated rings. The molecule has 2 aromatic carbocycles. The number of hydrazone groups is 1. The third-order valence-electron chi connectivity index (χ3n) is 4.25. The van der Waals surface area contributed by atoms with Gasteiger partial charge in [0.2, 0.25) is 0 Å². The van der Waals surface area contributed by atoms with Crippen molar-refractivity contribution in [2.24, 2.45) is 5.10 Å². The Morgan fingerprint density at radius 1 is 1.31 bits per heavy atom. The van der Waals surface area contributed by atoms with Gasteiger partial charge in [0.1, 0.15) is 11.6 Å². The van der Waals surface area contributed by atoms with Crippen LogP contribution in [0.1, 0.15) is 22.4 Å². The molecule has 1 aromatic heterocycles. The smallest absolute Gasteiger partial charge is 0.283 e. The largest absolute Gasteiger partial charge is 0.380 e. The fourth-order valence-corrected chi connectivity index (χ4v) is 3.88. The van der Waals surface area contributed by atoms with E-state index < -0.39 is 4.92 Å². The summed E-state index contributed by atoms with van der Waals surface area (Å²) >= 11 is 7.17. The highest BCUT2D eigenvalue weighted by Crippen LogP contribution is 2.35. The predicted octanol–water partition coefficient (Wildman–Crippen LogP) is 5.57. The maximum Gasteiger partial charge on any atom is 0.283 e. The van der Waals surface area contributed by atoms with Crippen LogP contribution in [0.15, 0.2) is 63.4 Å². The number of nitro benzene ring substituents is 1. The van der Waals surface area contributed by atoms with Gasteiger partial charge in [-0.05, 0) is 43.3 Å². The quantitative estimate of drug-likeness (QED) is 0.262. The maximum absolute atomic E-state index is 11.6. The number of nitriles is 1. The standard InChI is InChI=1S/C22H18ClN5O3S/c1-14-9-16(13-31-2)19(11-24)22(26-14)27-25-12-15-3-8-21(20(10-15)28(29)30)32-18-6-4-17(23)5-7-18/h3-10,12H,13H2,1-2H3,(H,26,27). The molecular formula is C22H18ClN5O3S. The molecule has 0 spiro atoms. The molecule has 8 nitrogen and oxygen atoms in total. The lowest BCUT2D eigenvalue weighted by Crippen LogP contribution is -2.03. The number of nitrogens with one attached hydrogen (secondary N) is 1. The van der Waals surface area contributed by atoms with Crippen molar-refractivity contribution in [1.82, 2.24) is 4.98 Å². The number of anilines is 1. The Kier molecular flexibility index (Phi) is 7.78. The Bertz CT molecular complexity index is 1210. The summed E-state index contributed by atoms with van der Waals surface area (Å²) in [6, 6.07) is 15.8. The summed E-state index contributed by atoms with van der Waals surface area (Å²) in [5.41, 5.74) is 4.96. The van der Waals surface area contributed by atoms with E-state index in [1.807, 2.05) is 0 Å². The molecule has 0 aliphatic carbocycles. The lowest BCUT2D eigenvalue weighted by molar-refractivity contribution is -0.387. The second kappa shape index (κ2) is 10.7. The average Bonchev–Trinajstić information content (AvgIpc) is 2.76. The van der Waals surface area contributed by atoms with Gasteiger partial charge in [-0.2, -0.15) is 10.4 Å². The number of halogens is 1. The van der Waals surface area contributed by atoms with Gasteiger partial charge in [-0.3, -0.25) is 15.5 Å². The number of pyridine rings is 1. The molecule has 0 radical (unpaired) electrons. The summed E-state index contributed by atoms with van der Waals surface area (Å²) in [5.74, 6) is 0.292. The molecule has 0 aliphatic heterocycles. The first-order chi connectivity index (χ1) is 15.4. The van der Waals surface area contributed by atoms with Crippen molar-refractivity contribution in [1.29, 1.82) is 5.26 Å². The second-order valence-electron chi connectivity index (χ2n) is 6.60. The van der Waals surface area contributed by atoms with Crippen LogP contribution in [-0.4, -0.2) is 23.2 Å². The van der Waals surface area contributed by atoms with Crippen LogP contribution in [0.4, 0.5) is 11.5 Å². The predicted molar refractivity (Wildman–Crippen MR) is 124 cm³/mol. The zero-order valence-electron chi connectivity index (χ0n) is 17.2. The number of benzene rings is 2. The number of rotatable bonds is 8. The number of hydrogen-bond acceptors (Lipinski definition) is 8. The third kappa shape index (κ3) is 5.82. The normalized spacial score (nSPS) is 10.8. The van der Waals surface area contributed by atoms with Crippen molar-refractivity contribution in [3.8, 4) is 6.07 Å². The minimum atomic E-state index is -0.435. The first kappa shape index (κ1) is 23.2. The minimum absolute atomic E-state index is 0.0392. The number of aromatic nitrogens is 1. The zero-order valence-corrected chi connectivity index (χ0v) is 18.8. The summed E-state index contributed by atoms with van der Waals surface area (Å²) in [7, 11) is 1.55. The zero-order chi connectivity index (χ0) is 23.1. The Morgan fingerprint density at radius 3 is 2.72 bits per heavy atom. The number of nitrogens with zero attached hydrogens (tertiary/aromatic N) is 4. The van der Waals surface area contributed by atoms with Crippen molar-refractivity contribution in [3.05, 3.63) is 86.1 Å². The number of methoxy groups -OCH3 is 1. The highest BCUT2D eigenvalue weighted by Gasteiger charge is 2.16. The van der Waals surface area contributed by atoms with Gasteiger partial charge in [-0.15, -0.1) is 0 Å². The van der Waals surface area contributed by atoms with E-state index in [-0.39, 0.29) is 12.3 Å². The monoisotopic (exact) mass is 467 g/mol. The van der Waals surface area contributed by atoms with Crippen molar-refractivity contribution in [3.63, 3.8) is 0 Å². The van der Waals surface area contributed by atoms with E-state index in [9.17, 15) is 15.4 Å². The molecule has 0 saturated heterocycles. The van der Waals surface area contributed by atoms with Gasteiger partial charge in [-0.25, -0.2) is 4.98 Å². The maximum atomic E-state index is 11.6. The van der Waals surface area contributed by atoms with Crippen LogP contribution >= 0.6 is 23.4 Å². The van der Waals surface area contributed by atoms with Gasteiger partial charge in [-0.1, -0.05) is 29.4 Å². The van der Waals surface area contributed by atoms with E-state index in [1.165, 1.54) is 24.0 Å². The molecule has 32 heavy (non-hydrogen) atoms. The highest BCUT2D eigenvalue weighted by atomic mass is 35.5. The van der Waals surface area contributed by atoms with Crippen LogP contribution in [0.5, 0.6) is 0 Å². The SMILES string of the molecule is COCc1cc(C)nc(NN=Cc2ccc(Sc3ccc(Cl)cc3)c([N+](=O)[O-])c2)c1C#N. The number of nitro groups is 1. The lowest BCUT2D eigenvalue weighted by Gasteiger charge is -2.09. The Morgan fingerprint density at radius 2 is 2.06 bits per heavy atom. The molecule has 1 heterocycles. The minimum Gasteiger partial charge on any atom is -0.380 e. The van der Waals surface area contributed by atoms with Crippen LogP contribution in [0, 0.1) is 28.4 Å². The number of hydrogen-bond donors (Lipinski definition) is 1. The van der Waals surface area contributed by atoms with Crippen molar-refractivity contribution >= 4 is 41.1 Å². The molecule has 10 heteroatoms. The fraction of sp³-hybridized carbons (Fsp3) is 0.136. The molecule has 0 unspecified atom stereocenters. The van der Waals surface area contributed by atoms with Crippen LogP contribution in [-0.2, 0) is 11.3 Å². The molecule has 162 valence electrons. The molecule has 3 rings (SSSR count). The van der Waals surface area contributed by atoms with Gasteiger partial charge < -0.3 is 4.74 Å². The summed E-state index contributed by atoms with van der Waals surface area (Å²) in [4.78, 5) is 16.8. The molecular weight excluding hydrogens is 450 g/mol. The van der Waals surface area contributed by atoms with Gasteiger partial charge in [0.15, 0.2) is 5.82 Å². The van der Waals surface area contributed by atoms with Crippen LogP contribution in [0.2, 0.25) is 5.02 Å². The molecule has 1 N–H and O–H groups in total. The molecule has 0 saturated carbocycles. The summed E-state index contributed by atoms with van der Waals surface area (Å²) in [6.45, 7) is 2.07. The molecule has 0 atom stereocenters. The Hall–Kier alpha value is -3.45. The molecule has 0 amide bonds. The third-order valence-corrected chi connectivity index (χ3v) is 5.57. The fourth-order valence-electron chi connectivity index (χ4n) is 2.86. The van der Waals surface area contributed by atoms with E-state index in [4.69, 9.17) is 16.3 Å². The van der Waals surface area contributed by atoms with Gasteiger partial charge >= 0.3 is 0 Å². The molecule has 0 bridgehead atoms. The Balaban J connectivity index is 1.82. The number of ether oxygens (including phenoxy) is 1. The van der Waals surface area contributed by atoms with E-state index in [2.05, 4.69) is 21.6 Å². The van der Waals surface area contributed by atoms with Gasteiger partial charge in [0.05, 0.1) is 22.6 Å². The summed E-state index contributed by atoms with van der Waals surface area (Å²) in [6.07, 6.45) is 1.44. The van der Waals surface area contributed by atoms with Gasteiger partial charge in [0, 0.05) is 39.9 Å². The first-order valence-corrected chi connectivity index (χ1v) is 10.5. The highest BCUT2D eigenvalue weighted by molar-refractivity contribution is 7.99. The summed E-state index contributed by atoms with van der Waals surface area (Å²) in [5, 5.41) is 25.8. The van der Waals surface area contributed by atoms with Crippen LogP contribution in [0.25, 0.3) is 0 Å². The van der Waals surface area contributed by atoms with E-state index >= 15 is 0 Å². The lowest BCUT2D eigenvalue weighted by atomic mass is 10.1. The average molecular weight is 468 g/mol. The number of aryl methyl sites for hydroxylation is 1. The van der Waals surface area contributed by atoms with Crippen molar-refractivity contribution in [2.75, 3.05) is 12.5 Å². The van der Waals surface area contributed by atoms with Crippen LogP contribution < -0.4 is 5.43 Å². The van der Waals surface area contributed by atoms with Crippen molar-refractivity contribution < 1.29 is 9.66 Å². The molecule has 3 aromatic rings. The van der Waals surface area contributed by atoms with E-state index in [0.29, 0.717) is 38.1 Å². The van der Waals surface area contributed by atoms with Crippen LogP contribution in [0.3, 0.4) is 0 Å². The van der Waals surface area contributed by atoms with E-state index in [0.717, 1.165) is 4.90 Å². The molecule has 0 aliphatic rings.